The van der Waals surface area contributed by atoms with Crippen LogP contribution >= 0.6 is 0 Å². The van der Waals surface area contributed by atoms with Crippen LogP contribution < -0.4 is 15.5 Å². The summed E-state index contributed by atoms with van der Waals surface area (Å²) < 4.78 is 7.33. The lowest BCUT2D eigenvalue weighted by atomic mass is 9.79. The number of ketones is 1. The predicted octanol–water partition coefficient (Wildman–Crippen LogP) is 4.15. The van der Waals surface area contributed by atoms with E-state index in [-0.39, 0.29) is 18.1 Å². The van der Waals surface area contributed by atoms with E-state index in [2.05, 4.69) is 15.4 Å². The molecule has 0 saturated heterocycles. The van der Waals surface area contributed by atoms with Crippen LogP contribution in [0.2, 0.25) is 0 Å². The second-order valence-corrected chi connectivity index (χ2v) is 9.50. The molecule has 2 radical (unpaired) electrons. The van der Waals surface area contributed by atoms with E-state index >= 15 is 0 Å². The minimum Gasteiger partial charge on any atom is -0.507 e. The standard InChI is InChI=1S/C28H29BN4O3/c29-24-17-31-33-27(15-25(32-28(24)33)23-11-4-5-12-26(23)35)30-16-20-8-6-7-19(13-20)14-21(34)18-36-22-9-2-1-3-10-22/h1-5,9-12,15,17,19-20,30,35H,6-8,13-14,16,18H2. The molecular weight excluding hydrogens is 451 g/mol. The number of fused-ring (bicyclic) bond motifs is 1. The number of nitrogens with zero attached hydrogens (tertiary/aromatic N) is 3. The van der Waals surface area contributed by atoms with Crippen molar-refractivity contribution in [2.24, 2.45) is 11.8 Å². The molecule has 2 heterocycles. The monoisotopic (exact) mass is 480 g/mol. The minimum absolute atomic E-state index is 0.119. The molecular formula is C28H29BN4O3. The molecule has 0 bridgehead atoms. The lowest BCUT2D eigenvalue weighted by molar-refractivity contribution is -0.122. The highest BCUT2D eigenvalue weighted by atomic mass is 16.5. The average Bonchev–Trinajstić information content (AvgIpc) is 3.28. The summed E-state index contributed by atoms with van der Waals surface area (Å²) in [5.41, 5.74) is 2.28. The van der Waals surface area contributed by atoms with Gasteiger partial charge < -0.3 is 15.2 Å². The number of nitrogens with one attached hydrogen (secondary N) is 1. The minimum atomic E-state index is 0.119. The number of ether oxygens (including phenoxy) is 1. The van der Waals surface area contributed by atoms with E-state index in [1.807, 2.05) is 48.5 Å². The molecule has 2 atom stereocenters. The fourth-order valence-electron chi connectivity index (χ4n) is 5.02. The maximum atomic E-state index is 12.5. The maximum absolute atomic E-state index is 12.5. The van der Waals surface area contributed by atoms with Gasteiger partial charge >= 0.3 is 0 Å². The molecule has 182 valence electrons. The Morgan fingerprint density at radius 3 is 2.72 bits per heavy atom. The maximum Gasteiger partial charge on any atom is 0.170 e. The molecule has 1 fully saturated rings. The van der Waals surface area contributed by atoms with Crippen LogP contribution in [0.25, 0.3) is 16.9 Å². The summed E-state index contributed by atoms with van der Waals surface area (Å²) >= 11 is 0. The van der Waals surface area contributed by atoms with E-state index in [9.17, 15) is 9.90 Å². The van der Waals surface area contributed by atoms with Crippen LogP contribution in [0.5, 0.6) is 11.5 Å². The number of hydrogen-bond donors (Lipinski definition) is 2. The van der Waals surface area contributed by atoms with Crippen LogP contribution in [0.1, 0.15) is 32.1 Å². The van der Waals surface area contributed by atoms with Crippen molar-refractivity contribution in [1.82, 2.24) is 14.6 Å². The number of para-hydroxylation sites is 2. The average molecular weight is 480 g/mol. The van der Waals surface area contributed by atoms with Gasteiger partial charge in [0.1, 0.15) is 31.8 Å². The van der Waals surface area contributed by atoms with Crippen LogP contribution in [0, 0.1) is 11.8 Å². The SMILES string of the molecule is [B]c1cnn2c(NCC3CCCC(CC(=O)COc4ccccc4)C3)cc(-c3ccccc3O)nc12. The molecule has 2 aromatic heterocycles. The third-order valence-corrected chi connectivity index (χ3v) is 6.80. The van der Waals surface area contributed by atoms with Crippen molar-refractivity contribution in [2.45, 2.75) is 32.1 Å². The number of phenols is 1. The van der Waals surface area contributed by atoms with Gasteiger partial charge in [0.05, 0.1) is 5.69 Å². The van der Waals surface area contributed by atoms with Gasteiger partial charge in [0.25, 0.3) is 0 Å². The summed E-state index contributed by atoms with van der Waals surface area (Å²) in [7, 11) is 6.12. The fourth-order valence-corrected chi connectivity index (χ4v) is 5.02. The largest absolute Gasteiger partial charge is 0.507 e. The molecule has 8 heteroatoms. The fraction of sp³-hybridized carbons (Fsp3) is 0.321. The van der Waals surface area contributed by atoms with E-state index in [1.54, 1.807) is 22.8 Å². The molecule has 5 rings (SSSR count). The smallest absolute Gasteiger partial charge is 0.170 e. The number of phenolic OH excluding ortho intramolecular Hbond substituents is 1. The Bertz CT molecular complexity index is 1340. The van der Waals surface area contributed by atoms with E-state index in [0.717, 1.165) is 43.8 Å². The number of rotatable bonds is 9. The first-order chi connectivity index (χ1) is 17.6. The van der Waals surface area contributed by atoms with E-state index in [1.165, 1.54) is 0 Å². The molecule has 2 aromatic carbocycles. The van der Waals surface area contributed by atoms with Gasteiger partial charge in [0, 0.05) is 30.8 Å². The zero-order valence-electron chi connectivity index (χ0n) is 20.1. The van der Waals surface area contributed by atoms with Crippen molar-refractivity contribution in [1.29, 1.82) is 0 Å². The Morgan fingerprint density at radius 1 is 1.11 bits per heavy atom. The van der Waals surface area contributed by atoms with Crippen molar-refractivity contribution in [3.05, 3.63) is 66.9 Å². The van der Waals surface area contributed by atoms with E-state index in [0.29, 0.717) is 40.6 Å². The van der Waals surface area contributed by atoms with Gasteiger partial charge in [-0.3, -0.25) is 4.79 Å². The number of aromatic nitrogens is 3. The van der Waals surface area contributed by atoms with Crippen LogP contribution in [0.3, 0.4) is 0 Å². The summed E-state index contributed by atoms with van der Waals surface area (Å²) in [5, 5.41) is 18.3. The topological polar surface area (TPSA) is 88.8 Å². The highest BCUT2D eigenvalue weighted by molar-refractivity contribution is 6.36. The van der Waals surface area contributed by atoms with E-state index < -0.39 is 0 Å². The van der Waals surface area contributed by atoms with Crippen molar-refractivity contribution < 1.29 is 14.6 Å². The molecule has 1 saturated carbocycles. The second kappa shape index (κ2) is 10.9. The normalized spacial score (nSPS) is 17.7. The zero-order valence-corrected chi connectivity index (χ0v) is 20.1. The number of Topliss-reactive ketones (excluding diaryl/α,β-unsaturated/α-hetero) is 1. The molecule has 2 unspecified atom stereocenters. The first-order valence-corrected chi connectivity index (χ1v) is 12.4. The molecule has 0 spiro atoms. The first-order valence-electron chi connectivity index (χ1n) is 12.4. The van der Waals surface area contributed by atoms with Crippen LogP contribution in [-0.2, 0) is 4.79 Å². The molecule has 36 heavy (non-hydrogen) atoms. The summed E-state index contributed by atoms with van der Waals surface area (Å²) in [6.07, 6.45) is 6.41. The van der Waals surface area contributed by atoms with Gasteiger partial charge in [-0.25, -0.2) is 4.98 Å². The Morgan fingerprint density at radius 2 is 1.89 bits per heavy atom. The Kier molecular flexibility index (Phi) is 7.21. The van der Waals surface area contributed by atoms with Crippen LogP contribution in [0.15, 0.2) is 66.9 Å². The third-order valence-electron chi connectivity index (χ3n) is 6.80. The molecule has 4 aromatic rings. The van der Waals surface area contributed by atoms with Crippen molar-refractivity contribution in [2.75, 3.05) is 18.5 Å². The summed E-state index contributed by atoms with van der Waals surface area (Å²) in [5.74, 6) is 2.61. The Labute approximate surface area is 211 Å². The summed E-state index contributed by atoms with van der Waals surface area (Å²) in [6, 6.07) is 18.5. The lowest BCUT2D eigenvalue weighted by Gasteiger charge is -2.29. The lowest BCUT2D eigenvalue weighted by Crippen LogP contribution is -2.25. The quantitative estimate of drug-likeness (QED) is 0.350. The summed E-state index contributed by atoms with van der Waals surface area (Å²) in [6.45, 7) is 0.874. The van der Waals surface area contributed by atoms with Crippen LogP contribution in [-0.4, -0.2) is 46.5 Å². The zero-order chi connectivity index (χ0) is 24.9. The molecule has 2 N–H and O–H groups in total. The first kappa shape index (κ1) is 23.9. The molecule has 1 aliphatic carbocycles. The van der Waals surface area contributed by atoms with Crippen molar-refractivity contribution >= 4 is 30.6 Å². The van der Waals surface area contributed by atoms with Crippen molar-refractivity contribution in [3.8, 4) is 22.8 Å². The summed E-state index contributed by atoms with van der Waals surface area (Å²) in [4.78, 5) is 17.2. The van der Waals surface area contributed by atoms with Gasteiger partial charge in [-0.15, -0.1) is 0 Å². The molecule has 0 amide bonds. The second-order valence-electron chi connectivity index (χ2n) is 9.50. The van der Waals surface area contributed by atoms with E-state index in [4.69, 9.17) is 12.6 Å². The van der Waals surface area contributed by atoms with Gasteiger partial charge in [0.2, 0.25) is 0 Å². The van der Waals surface area contributed by atoms with Gasteiger partial charge in [-0.2, -0.15) is 9.61 Å². The number of hydrogen-bond acceptors (Lipinski definition) is 6. The number of anilines is 1. The highest BCUT2D eigenvalue weighted by Gasteiger charge is 2.24. The third kappa shape index (κ3) is 5.53. The predicted molar refractivity (Wildman–Crippen MR) is 141 cm³/mol. The van der Waals surface area contributed by atoms with Crippen molar-refractivity contribution in [3.63, 3.8) is 0 Å². The number of benzene rings is 2. The number of aromatic hydroxyl groups is 1. The van der Waals surface area contributed by atoms with Gasteiger partial charge in [-0.1, -0.05) is 36.8 Å². The van der Waals surface area contributed by atoms with Gasteiger partial charge in [-0.05, 0) is 60.8 Å². The van der Waals surface area contributed by atoms with Gasteiger partial charge in [0.15, 0.2) is 11.4 Å². The Balaban J connectivity index is 1.23. The Hall–Kier alpha value is -3.81. The number of carbonyl (C=O) groups excluding carboxylic acids is 1. The highest BCUT2D eigenvalue weighted by Crippen LogP contribution is 2.33. The number of carbonyl (C=O) groups is 1. The molecule has 0 aliphatic heterocycles. The van der Waals surface area contributed by atoms with Crippen LogP contribution in [0.4, 0.5) is 5.82 Å². The molecule has 7 nitrogen and oxygen atoms in total. The molecule has 1 aliphatic rings.